The second-order valence-corrected chi connectivity index (χ2v) is 5.35. The van der Waals surface area contributed by atoms with Gasteiger partial charge in [-0.1, -0.05) is 0 Å². The Bertz CT molecular complexity index is 313. The van der Waals surface area contributed by atoms with Gasteiger partial charge in [-0.3, -0.25) is 4.79 Å². The molecule has 2 atom stereocenters. The number of likely N-dealkylation sites (tertiary alicyclic amines) is 1. The third-order valence-corrected chi connectivity index (χ3v) is 3.97. The van der Waals surface area contributed by atoms with Crippen LogP contribution in [0, 0.1) is 5.92 Å². The van der Waals surface area contributed by atoms with Gasteiger partial charge in [-0.2, -0.15) is 0 Å². The van der Waals surface area contributed by atoms with Crippen molar-refractivity contribution in [1.82, 2.24) is 10.2 Å². The molecule has 0 radical (unpaired) electrons. The molecule has 2 fully saturated rings. The maximum atomic E-state index is 12.2. The van der Waals surface area contributed by atoms with Crippen LogP contribution in [0.3, 0.4) is 0 Å². The van der Waals surface area contributed by atoms with Crippen LogP contribution in [-0.2, 0) is 9.59 Å². The average Bonchev–Trinajstić information content (AvgIpc) is 2.40. The number of amides is 1. The van der Waals surface area contributed by atoms with Crippen molar-refractivity contribution in [2.24, 2.45) is 5.92 Å². The lowest BCUT2D eigenvalue weighted by atomic mass is 9.94. The fourth-order valence-corrected chi connectivity index (χ4v) is 2.95. The van der Waals surface area contributed by atoms with Crippen molar-refractivity contribution in [3.63, 3.8) is 0 Å². The third-order valence-electron chi connectivity index (χ3n) is 3.97. The summed E-state index contributed by atoms with van der Waals surface area (Å²) in [4.78, 5) is 25.0. The van der Waals surface area contributed by atoms with E-state index in [2.05, 4.69) is 5.32 Å². The van der Waals surface area contributed by atoms with Gasteiger partial charge in [0.2, 0.25) is 5.91 Å². The van der Waals surface area contributed by atoms with Crippen molar-refractivity contribution in [1.29, 1.82) is 0 Å². The normalized spacial score (nSPS) is 29.0. The van der Waals surface area contributed by atoms with E-state index in [1.165, 1.54) is 0 Å². The van der Waals surface area contributed by atoms with Gasteiger partial charge in [0.15, 0.2) is 0 Å². The molecule has 2 aliphatic heterocycles. The second-order valence-electron chi connectivity index (χ2n) is 5.35. The first-order valence-electron chi connectivity index (χ1n) is 6.91. The number of carbonyl (C=O) groups excluding carboxylic acids is 1. The topological polar surface area (TPSA) is 69.6 Å². The minimum atomic E-state index is -0.857. The fourth-order valence-electron chi connectivity index (χ4n) is 2.95. The third kappa shape index (κ3) is 3.22. The Morgan fingerprint density at radius 1 is 1.22 bits per heavy atom. The molecule has 0 spiro atoms. The summed E-state index contributed by atoms with van der Waals surface area (Å²) in [5, 5.41) is 12.4. The van der Waals surface area contributed by atoms with E-state index in [1.54, 1.807) is 4.90 Å². The van der Waals surface area contributed by atoms with Crippen LogP contribution in [-0.4, -0.2) is 47.6 Å². The summed E-state index contributed by atoms with van der Waals surface area (Å²) in [6, 6.07) is -0.595. The smallest absolute Gasteiger partial charge is 0.326 e. The SMILES string of the molecule is O=C(O)[C@@H]1CCCCN1C(=O)CC1CCCNC1. The van der Waals surface area contributed by atoms with Gasteiger partial charge in [0.05, 0.1) is 0 Å². The highest BCUT2D eigenvalue weighted by Gasteiger charge is 2.32. The number of carboxylic acids is 1. The summed E-state index contributed by atoms with van der Waals surface area (Å²) < 4.78 is 0. The van der Waals surface area contributed by atoms with Gasteiger partial charge in [0.1, 0.15) is 6.04 Å². The maximum Gasteiger partial charge on any atom is 0.326 e. The molecule has 0 aliphatic carbocycles. The highest BCUT2D eigenvalue weighted by molar-refractivity contribution is 5.84. The fraction of sp³-hybridized carbons (Fsp3) is 0.846. The number of nitrogens with one attached hydrogen (secondary N) is 1. The monoisotopic (exact) mass is 254 g/mol. The van der Waals surface area contributed by atoms with Crippen LogP contribution in [0.2, 0.25) is 0 Å². The van der Waals surface area contributed by atoms with Crippen molar-refractivity contribution in [2.75, 3.05) is 19.6 Å². The Morgan fingerprint density at radius 3 is 2.72 bits per heavy atom. The molecule has 5 heteroatoms. The molecular weight excluding hydrogens is 232 g/mol. The Labute approximate surface area is 108 Å². The Morgan fingerprint density at radius 2 is 2.06 bits per heavy atom. The van der Waals surface area contributed by atoms with Crippen molar-refractivity contribution >= 4 is 11.9 Å². The highest BCUT2D eigenvalue weighted by Crippen LogP contribution is 2.21. The molecule has 2 N–H and O–H groups in total. The van der Waals surface area contributed by atoms with Crippen LogP contribution < -0.4 is 5.32 Å². The lowest BCUT2D eigenvalue weighted by Crippen LogP contribution is -2.49. The van der Waals surface area contributed by atoms with E-state index in [0.717, 1.165) is 38.8 Å². The first-order valence-corrected chi connectivity index (χ1v) is 6.91. The Kier molecular flexibility index (Phi) is 4.58. The number of nitrogens with zero attached hydrogens (tertiary/aromatic N) is 1. The van der Waals surface area contributed by atoms with Crippen LogP contribution in [0.1, 0.15) is 38.5 Å². The minimum Gasteiger partial charge on any atom is -0.480 e. The molecule has 2 aliphatic rings. The van der Waals surface area contributed by atoms with Crippen LogP contribution in [0.25, 0.3) is 0 Å². The lowest BCUT2D eigenvalue weighted by molar-refractivity contribution is -0.152. The van der Waals surface area contributed by atoms with Crippen molar-refractivity contribution in [3.8, 4) is 0 Å². The number of carboxylic acid groups (broad SMARTS) is 1. The second kappa shape index (κ2) is 6.18. The summed E-state index contributed by atoms with van der Waals surface area (Å²) >= 11 is 0. The predicted octanol–water partition coefficient (Wildman–Crippen LogP) is 0.842. The number of aliphatic carboxylic acids is 1. The molecule has 102 valence electrons. The first-order chi connectivity index (χ1) is 8.68. The number of piperidine rings is 2. The van der Waals surface area contributed by atoms with E-state index in [0.29, 0.717) is 25.3 Å². The van der Waals surface area contributed by atoms with Gasteiger partial charge in [-0.25, -0.2) is 4.79 Å². The van der Waals surface area contributed by atoms with Gasteiger partial charge < -0.3 is 15.3 Å². The molecular formula is C13H22N2O3. The molecule has 0 aromatic rings. The number of hydrogen-bond acceptors (Lipinski definition) is 3. The molecule has 2 rings (SSSR count). The standard InChI is InChI=1S/C13H22N2O3/c16-12(8-10-4-3-6-14-9-10)15-7-2-1-5-11(15)13(17)18/h10-11,14H,1-9H2,(H,17,18)/t10?,11-/m0/s1. The molecule has 1 unspecified atom stereocenters. The molecule has 18 heavy (non-hydrogen) atoms. The van der Waals surface area contributed by atoms with Gasteiger partial charge in [0.25, 0.3) is 0 Å². The molecule has 0 bridgehead atoms. The van der Waals surface area contributed by atoms with Crippen LogP contribution in [0.15, 0.2) is 0 Å². The summed E-state index contributed by atoms with van der Waals surface area (Å²) in [6.07, 6.45) is 5.12. The van der Waals surface area contributed by atoms with Gasteiger partial charge in [0, 0.05) is 13.0 Å². The zero-order valence-electron chi connectivity index (χ0n) is 10.7. The van der Waals surface area contributed by atoms with E-state index in [9.17, 15) is 9.59 Å². The van der Waals surface area contributed by atoms with E-state index >= 15 is 0 Å². The number of carbonyl (C=O) groups is 2. The molecule has 0 aromatic carbocycles. The van der Waals surface area contributed by atoms with Crippen molar-refractivity contribution in [2.45, 2.75) is 44.6 Å². The molecule has 2 heterocycles. The minimum absolute atomic E-state index is 0.0239. The van der Waals surface area contributed by atoms with E-state index in [4.69, 9.17) is 5.11 Å². The van der Waals surface area contributed by atoms with E-state index in [-0.39, 0.29) is 5.91 Å². The van der Waals surface area contributed by atoms with E-state index in [1.807, 2.05) is 0 Å². The summed E-state index contributed by atoms with van der Waals surface area (Å²) in [6.45, 7) is 2.53. The van der Waals surface area contributed by atoms with Crippen LogP contribution in [0.4, 0.5) is 0 Å². The van der Waals surface area contributed by atoms with Gasteiger partial charge in [-0.05, 0) is 51.1 Å². The van der Waals surface area contributed by atoms with Gasteiger partial charge >= 0.3 is 5.97 Å². The summed E-state index contributed by atoms with van der Waals surface area (Å²) in [5.41, 5.74) is 0. The quantitative estimate of drug-likeness (QED) is 0.783. The molecule has 5 nitrogen and oxygen atoms in total. The average molecular weight is 254 g/mol. The molecule has 2 saturated heterocycles. The van der Waals surface area contributed by atoms with Gasteiger partial charge in [-0.15, -0.1) is 0 Å². The number of hydrogen-bond donors (Lipinski definition) is 2. The van der Waals surface area contributed by atoms with E-state index < -0.39 is 12.0 Å². The summed E-state index contributed by atoms with van der Waals surface area (Å²) in [7, 11) is 0. The predicted molar refractivity (Wildman–Crippen MR) is 67.2 cm³/mol. The largest absolute Gasteiger partial charge is 0.480 e. The molecule has 1 amide bonds. The zero-order chi connectivity index (χ0) is 13.0. The first kappa shape index (κ1) is 13.3. The van der Waals surface area contributed by atoms with Crippen LogP contribution in [0.5, 0.6) is 0 Å². The highest BCUT2D eigenvalue weighted by atomic mass is 16.4. The molecule has 0 saturated carbocycles. The Hall–Kier alpha value is -1.10. The summed E-state index contributed by atoms with van der Waals surface area (Å²) in [5.74, 6) is -0.455. The maximum absolute atomic E-state index is 12.2. The zero-order valence-corrected chi connectivity index (χ0v) is 10.7. The van der Waals surface area contributed by atoms with Crippen molar-refractivity contribution in [3.05, 3.63) is 0 Å². The molecule has 0 aromatic heterocycles. The Balaban J connectivity index is 1.91. The lowest BCUT2D eigenvalue weighted by Gasteiger charge is -2.34. The number of rotatable bonds is 3. The van der Waals surface area contributed by atoms with Crippen LogP contribution >= 0.6 is 0 Å². The van der Waals surface area contributed by atoms with Crippen molar-refractivity contribution < 1.29 is 14.7 Å².